The summed E-state index contributed by atoms with van der Waals surface area (Å²) in [6.07, 6.45) is 51.9. The maximum absolute atomic E-state index is 12.4. The molecule has 0 fully saturated rings. The fourth-order valence-electron chi connectivity index (χ4n) is 7.11. The van der Waals surface area contributed by atoms with Gasteiger partial charge in [0.2, 0.25) is 0 Å². The molecule has 0 saturated heterocycles. The molecule has 0 rings (SSSR count). The highest BCUT2D eigenvalue weighted by Crippen LogP contribution is 2.36. The van der Waals surface area contributed by atoms with Crippen molar-refractivity contribution in [1.82, 2.24) is 0 Å². The van der Waals surface area contributed by atoms with Crippen molar-refractivity contribution in [2.24, 2.45) is 0 Å². The van der Waals surface area contributed by atoms with Crippen LogP contribution in [-0.2, 0) is 28.2 Å². The van der Waals surface area contributed by atoms with Crippen molar-refractivity contribution in [2.45, 2.75) is 258 Å². The number of carbonyl (C=O) groups is 2. The first kappa shape index (κ1) is 55.5. The molecule has 8 nitrogen and oxygen atoms in total. The minimum Gasteiger partial charge on any atom is -0.462 e. The molecule has 0 aliphatic rings. The predicted molar refractivity (Wildman–Crippen MR) is 239 cm³/mol. The second-order valence-corrected chi connectivity index (χ2v) is 17.7. The second-order valence-electron chi connectivity index (χ2n) is 16.4. The number of esters is 2. The van der Waals surface area contributed by atoms with Crippen LogP contribution in [-0.4, -0.2) is 41.0 Å². The molecule has 0 aliphatic carbocycles. The van der Waals surface area contributed by atoms with Crippen LogP contribution >= 0.6 is 7.82 Å². The third-order valence-corrected chi connectivity index (χ3v) is 11.2. The van der Waals surface area contributed by atoms with Crippen molar-refractivity contribution in [2.75, 3.05) is 13.2 Å². The highest BCUT2D eigenvalue weighted by Gasteiger charge is 2.23. The Kier molecular flexibility index (Phi) is 43.0. The first-order valence-corrected chi connectivity index (χ1v) is 25.7. The fourth-order valence-corrected chi connectivity index (χ4v) is 7.47. The van der Waals surface area contributed by atoms with Crippen molar-refractivity contribution < 1.29 is 37.9 Å². The van der Waals surface area contributed by atoms with Crippen LogP contribution in [0.4, 0.5) is 0 Å². The molecule has 1 atom stereocenters. The van der Waals surface area contributed by atoms with Crippen LogP contribution in [0.1, 0.15) is 251 Å². The molecule has 0 amide bonds. The van der Waals surface area contributed by atoms with Crippen molar-refractivity contribution >= 4 is 19.8 Å². The summed E-state index contributed by atoms with van der Waals surface area (Å²) in [4.78, 5) is 43.0. The zero-order valence-electron chi connectivity index (χ0n) is 37.3. The van der Waals surface area contributed by atoms with E-state index in [0.29, 0.717) is 6.42 Å². The Bertz CT molecular complexity index is 977. The standard InChI is InChI=1S/C48H91O8P/c1-3-5-7-9-11-13-15-17-19-21-22-23-24-25-27-28-30-32-34-36-38-40-42-47(49)54-44-46(45-55-57(51,52)53)56-48(50)43-41-39-37-35-33-31-29-26-20-18-16-14-12-10-8-6-4-2/h12,14,18,20,46H,3-11,13,15-17,19,21-45H2,1-2H3,(H2,51,52,53)/b14-12-,20-18-. The predicted octanol–water partition coefficient (Wildman–Crippen LogP) is 15.1. The molecule has 0 aromatic rings. The monoisotopic (exact) mass is 827 g/mol. The molecule has 0 spiro atoms. The maximum Gasteiger partial charge on any atom is 0.469 e. The van der Waals surface area contributed by atoms with Gasteiger partial charge in [0.1, 0.15) is 6.61 Å². The molecule has 57 heavy (non-hydrogen) atoms. The molecule has 0 aromatic heterocycles. The number of unbranched alkanes of at least 4 members (excludes halogenated alkanes) is 31. The van der Waals surface area contributed by atoms with Gasteiger partial charge in [0.25, 0.3) is 0 Å². The van der Waals surface area contributed by atoms with Crippen molar-refractivity contribution in [3.05, 3.63) is 24.3 Å². The first-order valence-electron chi connectivity index (χ1n) is 24.1. The number of hydrogen-bond donors (Lipinski definition) is 2. The van der Waals surface area contributed by atoms with Crippen LogP contribution in [0.3, 0.4) is 0 Å². The number of carbonyl (C=O) groups excluding carboxylic acids is 2. The van der Waals surface area contributed by atoms with Gasteiger partial charge in [-0.15, -0.1) is 0 Å². The summed E-state index contributed by atoms with van der Waals surface area (Å²) < 4.78 is 26.5. The number of rotatable bonds is 45. The molecule has 2 N–H and O–H groups in total. The van der Waals surface area contributed by atoms with Gasteiger partial charge in [0.15, 0.2) is 6.10 Å². The quantitative estimate of drug-likeness (QED) is 0.0270. The Morgan fingerprint density at radius 1 is 0.456 bits per heavy atom. The molecule has 1 unspecified atom stereocenters. The highest BCUT2D eigenvalue weighted by molar-refractivity contribution is 7.46. The van der Waals surface area contributed by atoms with Gasteiger partial charge >= 0.3 is 19.8 Å². The lowest BCUT2D eigenvalue weighted by Crippen LogP contribution is -2.29. The lowest BCUT2D eigenvalue weighted by Gasteiger charge is -2.18. The third-order valence-electron chi connectivity index (χ3n) is 10.7. The van der Waals surface area contributed by atoms with E-state index in [1.165, 1.54) is 167 Å². The van der Waals surface area contributed by atoms with Gasteiger partial charge in [0.05, 0.1) is 6.61 Å². The van der Waals surface area contributed by atoms with Crippen molar-refractivity contribution in [3.8, 4) is 0 Å². The van der Waals surface area contributed by atoms with Crippen LogP contribution < -0.4 is 0 Å². The molecule has 9 heteroatoms. The maximum atomic E-state index is 12.4. The largest absolute Gasteiger partial charge is 0.469 e. The minimum absolute atomic E-state index is 0.206. The molecule has 0 saturated carbocycles. The summed E-state index contributed by atoms with van der Waals surface area (Å²) in [7, 11) is -4.76. The fraction of sp³-hybridized carbons (Fsp3) is 0.875. The van der Waals surface area contributed by atoms with Gasteiger partial charge < -0.3 is 19.3 Å². The highest BCUT2D eigenvalue weighted by atomic mass is 31.2. The molecule has 0 heterocycles. The van der Waals surface area contributed by atoms with Gasteiger partial charge in [-0.05, 0) is 44.9 Å². The van der Waals surface area contributed by atoms with E-state index in [-0.39, 0.29) is 19.4 Å². The lowest BCUT2D eigenvalue weighted by atomic mass is 10.0. The van der Waals surface area contributed by atoms with Gasteiger partial charge in [-0.2, -0.15) is 0 Å². The molecular weight excluding hydrogens is 735 g/mol. The van der Waals surface area contributed by atoms with E-state index >= 15 is 0 Å². The normalized spacial score (nSPS) is 12.6. The van der Waals surface area contributed by atoms with Gasteiger partial charge in [-0.1, -0.05) is 218 Å². The Hall–Kier alpha value is -1.47. The average molecular weight is 827 g/mol. The van der Waals surface area contributed by atoms with E-state index in [9.17, 15) is 14.2 Å². The van der Waals surface area contributed by atoms with Crippen LogP contribution in [0, 0.1) is 0 Å². The number of phosphoric ester groups is 1. The SMILES string of the molecule is CCCCC/C=C\C/C=C\CCCCCCCCCC(=O)OC(COC(=O)CCCCCCCCCCCCCCCCCCCCCCCC)COP(=O)(O)O. The van der Waals surface area contributed by atoms with E-state index in [4.69, 9.17) is 19.3 Å². The summed E-state index contributed by atoms with van der Waals surface area (Å²) in [5.41, 5.74) is 0. The number of phosphoric acid groups is 1. The zero-order valence-corrected chi connectivity index (χ0v) is 38.1. The molecular formula is C48H91O8P. The van der Waals surface area contributed by atoms with Gasteiger partial charge in [0, 0.05) is 12.8 Å². The van der Waals surface area contributed by atoms with Crippen molar-refractivity contribution in [1.29, 1.82) is 0 Å². The van der Waals surface area contributed by atoms with Gasteiger partial charge in [-0.25, -0.2) is 4.57 Å². The molecule has 336 valence electrons. The van der Waals surface area contributed by atoms with Crippen LogP contribution in [0.2, 0.25) is 0 Å². The summed E-state index contributed by atoms with van der Waals surface area (Å²) >= 11 is 0. The number of allylic oxidation sites excluding steroid dienone is 4. The Labute approximate surface area is 351 Å². The summed E-state index contributed by atoms with van der Waals surface area (Å²) in [5, 5.41) is 0. The van der Waals surface area contributed by atoms with Crippen LogP contribution in [0.25, 0.3) is 0 Å². The van der Waals surface area contributed by atoms with E-state index in [1.54, 1.807) is 0 Å². The lowest BCUT2D eigenvalue weighted by molar-refractivity contribution is -0.161. The molecule has 0 bridgehead atoms. The second kappa shape index (κ2) is 44.1. The third kappa shape index (κ3) is 47.1. The summed E-state index contributed by atoms with van der Waals surface area (Å²) in [5.74, 6) is -0.880. The Morgan fingerprint density at radius 2 is 0.789 bits per heavy atom. The van der Waals surface area contributed by atoms with Gasteiger partial charge in [-0.3, -0.25) is 14.1 Å². The van der Waals surface area contributed by atoms with Crippen molar-refractivity contribution in [3.63, 3.8) is 0 Å². The minimum atomic E-state index is -4.76. The molecule has 0 aromatic carbocycles. The van der Waals surface area contributed by atoms with E-state index < -0.39 is 32.5 Å². The smallest absolute Gasteiger partial charge is 0.462 e. The average Bonchev–Trinajstić information content (AvgIpc) is 3.18. The van der Waals surface area contributed by atoms with E-state index in [2.05, 4.69) is 42.7 Å². The summed E-state index contributed by atoms with van der Waals surface area (Å²) in [6, 6.07) is 0. The number of ether oxygens (including phenoxy) is 2. The van der Waals surface area contributed by atoms with E-state index in [1.807, 2.05) is 0 Å². The van der Waals surface area contributed by atoms with Crippen LogP contribution in [0.15, 0.2) is 24.3 Å². The van der Waals surface area contributed by atoms with Crippen LogP contribution in [0.5, 0.6) is 0 Å². The Balaban J connectivity index is 3.80. The molecule has 0 radical (unpaired) electrons. The Morgan fingerprint density at radius 3 is 1.19 bits per heavy atom. The first-order chi connectivity index (χ1) is 27.8. The topological polar surface area (TPSA) is 119 Å². The summed E-state index contributed by atoms with van der Waals surface area (Å²) in [6.45, 7) is 3.69. The molecule has 0 aliphatic heterocycles. The zero-order chi connectivity index (χ0) is 41.8. The van der Waals surface area contributed by atoms with E-state index in [0.717, 1.165) is 51.4 Å². The number of hydrogen-bond acceptors (Lipinski definition) is 6.